The van der Waals surface area contributed by atoms with Gasteiger partial charge in [0.2, 0.25) is 0 Å². The van der Waals surface area contributed by atoms with Crippen LogP contribution in [-0.2, 0) is 23.1 Å². The predicted octanol–water partition coefficient (Wildman–Crippen LogP) is 5.41. The minimum Gasteiger partial charge on any atom is -0.744 e. The van der Waals surface area contributed by atoms with Gasteiger partial charge in [-0.15, -0.1) is 0 Å². The summed E-state index contributed by atoms with van der Waals surface area (Å²) in [5, 5.41) is 0. The number of hydrogen-bond donors (Lipinski definition) is 0. The molecule has 0 spiro atoms. The maximum Gasteiger partial charge on any atom is 1.00 e. The van der Waals surface area contributed by atoms with E-state index < -0.39 is 10.1 Å². The van der Waals surface area contributed by atoms with Crippen molar-refractivity contribution in [1.82, 2.24) is 9.55 Å². The molecule has 0 saturated heterocycles. The van der Waals surface area contributed by atoms with Gasteiger partial charge >= 0.3 is 29.6 Å². The second-order valence-corrected chi connectivity index (χ2v) is 11.8. The van der Waals surface area contributed by atoms with E-state index in [1.807, 2.05) is 18.2 Å². The fraction of sp³-hybridized carbons (Fsp3) is 0.581. The largest absolute Gasteiger partial charge is 1.00 e. The third-order valence-electron chi connectivity index (χ3n) is 7.27. The van der Waals surface area contributed by atoms with Gasteiger partial charge in [0.15, 0.2) is 0 Å². The molecule has 0 fully saturated rings. The van der Waals surface area contributed by atoms with E-state index in [9.17, 15) is 13.0 Å². The molecule has 5 nitrogen and oxygen atoms in total. The normalized spacial score (nSPS) is 11.6. The molecule has 1 heterocycles. The number of aromatic nitrogens is 2. The molecule has 0 saturated carbocycles. The van der Waals surface area contributed by atoms with Gasteiger partial charge in [0.05, 0.1) is 15.9 Å². The number of benzene rings is 2. The molecule has 0 unspecified atom stereocenters. The first kappa shape index (κ1) is 33.0. The number of rotatable bonds is 19. The topological polar surface area (TPSA) is 75.0 Å². The number of imidazole rings is 1. The maximum absolute atomic E-state index is 11.6. The van der Waals surface area contributed by atoms with E-state index in [1.54, 1.807) is 6.07 Å². The van der Waals surface area contributed by atoms with Crippen LogP contribution in [0.2, 0.25) is 0 Å². The van der Waals surface area contributed by atoms with Gasteiger partial charge in [-0.2, -0.15) is 0 Å². The molecule has 0 atom stereocenters. The Bertz CT molecular complexity index is 1160. The van der Waals surface area contributed by atoms with E-state index >= 15 is 0 Å². The monoisotopic (exact) mass is 548 g/mol. The molecule has 38 heavy (non-hydrogen) atoms. The zero-order chi connectivity index (χ0) is 26.3. The number of aryl methyl sites for hydroxylation is 1. The van der Waals surface area contributed by atoms with Crippen molar-refractivity contribution < 1.29 is 42.5 Å². The summed E-state index contributed by atoms with van der Waals surface area (Å²) in [6, 6.07) is 14.6. The van der Waals surface area contributed by atoms with Gasteiger partial charge in [-0.05, 0) is 30.2 Å². The van der Waals surface area contributed by atoms with Crippen molar-refractivity contribution in [2.45, 2.75) is 121 Å². The third-order valence-corrected chi connectivity index (χ3v) is 8.11. The molecular weight excluding hydrogens is 503 g/mol. The Morgan fingerprint density at radius 2 is 1.26 bits per heavy atom. The molecule has 0 N–H and O–H groups in total. The van der Waals surface area contributed by atoms with Gasteiger partial charge in [0.25, 0.3) is 0 Å². The molecule has 204 valence electrons. The molecule has 0 aliphatic rings. The number of fused-ring (bicyclic) bond motifs is 1. The van der Waals surface area contributed by atoms with E-state index in [0.29, 0.717) is 12.1 Å². The molecule has 0 bridgehead atoms. The molecular formula is C31H45N2NaO3S. The van der Waals surface area contributed by atoms with Crippen LogP contribution in [-0.4, -0.2) is 22.5 Å². The summed E-state index contributed by atoms with van der Waals surface area (Å²) in [4.78, 5) is 4.60. The Labute approximate surface area is 252 Å². The summed E-state index contributed by atoms with van der Waals surface area (Å²) in [6.45, 7) is 2.88. The molecule has 0 amide bonds. The standard InChI is InChI=1S/C31H46N2O3S.Na/c1-2-3-4-5-6-7-8-9-10-11-12-13-14-15-19-22-31-32-29-24-23-28(37(34,35)36)25-30(29)33(31)26-27-20-17-16-18-21-27;/h16-18,20-21,23-25H,2-15,19,22,26H2,1H3,(H,34,35,36);/q;+1/p-1. The Kier molecular flexibility index (Phi) is 15.8. The van der Waals surface area contributed by atoms with Crippen molar-refractivity contribution in [1.29, 1.82) is 0 Å². The Hall–Kier alpha value is -1.18. The van der Waals surface area contributed by atoms with E-state index in [-0.39, 0.29) is 34.5 Å². The summed E-state index contributed by atoms with van der Waals surface area (Å²) in [5.41, 5.74) is 2.56. The van der Waals surface area contributed by atoms with Crippen molar-refractivity contribution >= 4 is 21.2 Å². The molecule has 2 aromatic carbocycles. The average Bonchev–Trinajstić information content (AvgIpc) is 3.23. The molecule has 0 aliphatic carbocycles. The smallest absolute Gasteiger partial charge is 0.744 e. The summed E-state index contributed by atoms with van der Waals surface area (Å²) >= 11 is 0. The zero-order valence-corrected chi connectivity index (χ0v) is 26.5. The van der Waals surface area contributed by atoms with Gasteiger partial charge in [-0.1, -0.05) is 127 Å². The Morgan fingerprint density at radius 1 is 0.737 bits per heavy atom. The van der Waals surface area contributed by atoms with Crippen LogP contribution in [0, 0.1) is 0 Å². The minimum absolute atomic E-state index is 0. The molecule has 0 aliphatic heterocycles. The van der Waals surface area contributed by atoms with Gasteiger partial charge in [0, 0.05) is 13.0 Å². The number of hydrogen-bond acceptors (Lipinski definition) is 4. The summed E-state index contributed by atoms with van der Waals surface area (Å²) in [6.07, 6.45) is 20.8. The number of nitrogens with zero attached hydrogens (tertiary/aromatic N) is 2. The first-order chi connectivity index (χ1) is 18.0. The molecule has 7 heteroatoms. The number of unbranched alkanes of at least 4 members (excludes halogenated alkanes) is 14. The fourth-order valence-corrected chi connectivity index (χ4v) is 5.59. The summed E-state index contributed by atoms with van der Waals surface area (Å²) in [5.74, 6) is 0.953. The first-order valence-corrected chi connectivity index (χ1v) is 15.9. The van der Waals surface area contributed by atoms with Crippen molar-refractivity contribution in [3.63, 3.8) is 0 Å². The quantitative estimate of drug-likeness (QED) is 0.114. The predicted molar refractivity (Wildman–Crippen MR) is 152 cm³/mol. The average molecular weight is 549 g/mol. The van der Waals surface area contributed by atoms with Crippen LogP contribution in [0.4, 0.5) is 0 Å². The van der Waals surface area contributed by atoms with Crippen LogP contribution in [0.3, 0.4) is 0 Å². The van der Waals surface area contributed by atoms with Gasteiger partial charge in [-0.25, -0.2) is 13.4 Å². The van der Waals surface area contributed by atoms with Crippen LogP contribution < -0.4 is 29.6 Å². The second kappa shape index (κ2) is 18.2. The van der Waals surface area contributed by atoms with Crippen LogP contribution in [0.15, 0.2) is 53.4 Å². The minimum atomic E-state index is -4.51. The van der Waals surface area contributed by atoms with Crippen molar-refractivity contribution in [2.24, 2.45) is 0 Å². The second-order valence-electron chi connectivity index (χ2n) is 10.4. The Morgan fingerprint density at radius 3 is 1.79 bits per heavy atom. The van der Waals surface area contributed by atoms with Crippen molar-refractivity contribution in [2.75, 3.05) is 0 Å². The zero-order valence-electron chi connectivity index (χ0n) is 23.7. The van der Waals surface area contributed by atoms with Gasteiger partial charge in [-0.3, -0.25) is 0 Å². The first-order valence-electron chi connectivity index (χ1n) is 14.5. The third kappa shape index (κ3) is 11.5. The van der Waals surface area contributed by atoms with E-state index in [0.717, 1.165) is 29.7 Å². The van der Waals surface area contributed by atoms with Crippen molar-refractivity contribution in [3.05, 3.63) is 59.9 Å². The summed E-state index contributed by atoms with van der Waals surface area (Å²) in [7, 11) is -4.51. The Balaban J connectivity index is 0.00000507. The molecule has 3 rings (SSSR count). The van der Waals surface area contributed by atoms with Crippen molar-refractivity contribution in [3.8, 4) is 0 Å². The SMILES string of the molecule is CCCCCCCCCCCCCCCCCc1nc2ccc(S(=O)(=O)[O-])cc2n1Cc1ccccc1.[Na+]. The molecule has 0 radical (unpaired) electrons. The van der Waals surface area contributed by atoms with Crippen LogP contribution >= 0.6 is 0 Å². The maximum atomic E-state index is 11.6. The summed E-state index contributed by atoms with van der Waals surface area (Å²) < 4.78 is 36.9. The molecule has 1 aromatic heterocycles. The van der Waals surface area contributed by atoms with E-state index in [2.05, 4.69) is 23.6 Å². The molecule has 3 aromatic rings. The van der Waals surface area contributed by atoms with Crippen LogP contribution in [0.5, 0.6) is 0 Å². The van der Waals surface area contributed by atoms with Gasteiger partial charge < -0.3 is 9.12 Å². The fourth-order valence-electron chi connectivity index (χ4n) is 5.10. The van der Waals surface area contributed by atoms with E-state index in [4.69, 9.17) is 4.98 Å². The van der Waals surface area contributed by atoms with Crippen LogP contribution in [0.25, 0.3) is 11.0 Å². The van der Waals surface area contributed by atoms with Crippen LogP contribution in [0.1, 0.15) is 115 Å². The van der Waals surface area contributed by atoms with E-state index in [1.165, 1.54) is 102 Å². The van der Waals surface area contributed by atoms with Gasteiger partial charge in [0.1, 0.15) is 15.9 Å².